The van der Waals surface area contributed by atoms with Crippen LogP contribution in [0.5, 0.6) is 5.75 Å². The Kier molecular flexibility index (Phi) is 5.53. The molecule has 0 aliphatic heterocycles. The fourth-order valence-electron chi connectivity index (χ4n) is 1.25. The van der Waals surface area contributed by atoms with Crippen LogP contribution < -0.4 is 4.74 Å². The van der Waals surface area contributed by atoms with Crippen LogP contribution >= 0.6 is 11.8 Å². The summed E-state index contributed by atoms with van der Waals surface area (Å²) in [6.45, 7) is 2.21. The van der Waals surface area contributed by atoms with E-state index in [1.807, 2.05) is 30.3 Å². The van der Waals surface area contributed by atoms with E-state index in [4.69, 9.17) is 4.74 Å². The molecule has 0 unspecified atom stereocenters. The van der Waals surface area contributed by atoms with Crippen LogP contribution in [0.4, 0.5) is 0 Å². The van der Waals surface area contributed by atoms with Crippen LogP contribution in [-0.4, -0.2) is 11.7 Å². The third-order valence-corrected chi connectivity index (χ3v) is 2.92. The zero-order chi connectivity index (χ0) is 10.2. The third-order valence-electron chi connectivity index (χ3n) is 2.07. The van der Waals surface area contributed by atoms with Gasteiger partial charge in [0.15, 0.2) is 0 Å². The maximum atomic E-state index is 5.83. The van der Waals surface area contributed by atoms with Gasteiger partial charge in [0, 0.05) is 0 Å². The molecule has 0 bridgehead atoms. The molecular weight excluding hydrogens is 192 g/mol. The minimum absolute atomic E-state index is 0.303. The Hall–Kier alpha value is -0.630. The van der Waals surface area contributed by atoms with E-state index >= 15 is 0 Å². The van der Waals surface area contributed by atoms with Gasteiger partial charge in [0.1, 0.15) is 11.2 Å². The SMILES string of the molecule is CCCC[C@H](Oc1ccccc1)SC. The lowest BCUT2D eigenvalue weighted by Crippen LogP contribution is -2.11. The molecule has 0 saturated heterocycles. The summed E-state index contributed by atoms with van der Waals surface area (Å²) in [4.78, 5) is 0. The van der Waals surface area contributed by atoms with Crippen LogP contribution in [0.2, 0.25) is 0 Å². The number of hydrogen-bond donors (Lipinski definition) is 0. The number of benzene rings is 1. The van der Waals surface area contributed by atoms with Crippen LogP contribution in [0.1, 0.15) is 26.2 Å². The highest BCUT2D eigenvalue weighted by Gasteiger charge is 2.06. The highest BCUT2D eigenvalue weighted by molar-refractivity contribution is 7.99. The monoisotopic (exact) mass is 210 g/mol. The molecule has 1 nitrogen and oxygen atoms in total. The molecule has 0 radical (unpaired) electrons. The van der Waals surface area contributed by atoms with E-state index < -0.39 is 0 Å². The Morgan fingerprint density at radius 1 is 1.29 bits per heavy atom. The molecule has 1 atom stereocenters. The van der Waals surface area contributed by atoms with Gasteiger partial charge in [-0.3, -0.25) is 0 Å². The molecule has 2 heteroatoms. The summed E-state index contributed by atoms with van der Waals surface area (Å²) >= 11 is 1.78. The number of ether oxygens (including phenoxy) is 1. The Balaban J connectivity index is 2.40. The van der Waals surface area contributed by atoms with Crippen molar-refractivity contribution < 1.29 is 4.74 Å². The maximum absolute atomic E-state index is 5.83. The number of unbranched alkanes of at least 4 members (excludes halogenated alkanes) is 1. The van der Waals surface area contributed by atoms with E-state index in [0.717, 1.165) is 12.2 Å². The molecule has 0 aliphatic rings. The smallest absolute Gasteiger partial charge is 0.144 e. The van der Waals surface area contributed by atoms with Gasteiger partial charge in [-0.1, -0.05) is 31.5 Å². The largest absolute Gasteiger partial charge is 0.480 e. The van der Waals surface area contributed by atoms with E-state index in [1.165, 1.54) is 12.8 Å². The first-order valence-electron chi connectivity index (χ1n) is 5.11. The molecule has 0 aromatic heterocycles. The van der Waals surface area contributed by atoms with Crippen molar-refractivity contribution in [3.8, 4) is 5.75 Å². The summed E-state index contributed by atoms with van der Waals surface area (Å²) in [5.41, 5.74) is 0.303. The lowest BCUT2D eigenvalue weighted by molar-refractivity contribution is 0.273. The summed E-state index contributed by atoms with van der Waals surface area (Å²) < 4.78 is 5.83. The second kappa shape index (κ2) is 6.77. The van der Waals surface area contributed by atoms with Crippen LogP contribution in [0.15, 0.2) is 30.3 Å². The van der Waals surface area contributed by atoms with Gasteiger partial charge < -0.3 is 4.74 Å². The van der Waals surface area contributed by atoms with Gasteiger partial charge in [0.2, 0.25) is 0 Å². The average molecular weight is 210 g/mol. The third kappa shape index (κ3) is 4.05. The van der Waals surface area contributed by atoms with Crippen LogP contribution in [0, 0.1) is 0 Å². The van der Waals surface area contributed by atoms with Crippen molar-refractivity contribution in [2.45, 2.75) is 31.6 Å². The molecule has 0 fully saturated rings. The summed E-state index contributed by atoms with van der Waals surface area (Å²) in [7, 11) is 0. The number of para-hydroxylation sites is 1. The van der Waals surface area contributed by atoms with Crippen molar-refractivity contribution in [2.75, 3.05) is 6.26 Å². The molecule has 0 aliphatic carbocycles. The first-order valence-corrected chi connectivity index (χ1v) is 6.40. The highest BCUT2D eigenvalue weighted by atomic mass is 32.2. The second-order valence-corrected chi connectivity index (χ2v) is 4.24. The Morgan fingerprint density at radius 3 is 2.57 bits per heavy atom. The summed E-state index contributed by atoms with van der Waals surface area (Å²) in [5, 5.41) is 0. The van der Waals surface area contributed by atoms with Gasteiger partial charge in [-0.05, 0) is 31.2 Å². The van der Waals surface area contributed by atoms with Crippen molar-refractivity contribution >= 4 is 11.8 Å². The molecule has 1 aromatic carbocycles. The first kappa shape index (κ1) is 11.4. The van der Waals surface area contributed by atoms with Gasteiger partial charge in [0.05, 0.1) is 0 Å². The van der Waals surface area contributed by atoms with Crippen LogP contribution in [-0.2, 0) is 0 Å². The van der Waals surface area contributed by atoms with E-state index in [1.54, 1.807) is 11.8 Å². The normalized spacial score (nSPS) is 12.4. The van der Waals surface area contributed by atoms with Crippen molar-refractivity contribution in [3.63, 3.8) is 0 Å². The standard InChI is InChI=1S/C12H18OS/c1-3-4-10-12(14-2)13-11-8-6-5-7-9-11/h5-9,12H,3-4,10H2,1-2H3/t12-/m1/s1. The summed E-state index contributed by atoms with van der Waals surface area (Å²) in [5.74, 6) is 0.975. The van der Waals surface area contributed by atoms with Gasteiger partial charge in [-0.2, -0.15) is 0 Å². The van der Waals surface area contributed by atoms with Crippen molar-refractivity contribution in [1.29, 1.82) is 0 Å². The zero-order valence-corrected chi connectivity index (χ0v) is 9.72. The van der Waals surface area contributed by atoms with E-state index in [0.29, 0.717) is 5.44 Å². The lowest BCUT2D eigenvalue weighted by Gasteiger charge is -2.16. The Morgan fingerprint density at radius 2 is 2.00 bits per heavy atom. The maximum Gasteiger partial charge on any atom is 0.144 e. The van der Waals surface area contributed by atoms with E-state index in [2.05, 4.69) is 13.2 Å². The molecular formula is C12H18OS. The molecule has 78 valence electrons. The van der Waals surface area contributed by atoms with Crippen molar-refractivity contribution in [1.82, 2.24) is 0 Å². The number of hydrogen-bond acceptors (Lipinski definition) is 2. The molecule has 0 N–H and O–H groups in total. The number of thioether (sulfide) groups is 1. The lowest BCUT2D eigenvalue weighted by atomic mass is 10.2. The first-order chi connectivity index (χ1) is 6.86. The minimum atomic E-state index is 0.303. The summed E-state index contributed by atoms with van der Waals surface area (Å²) in [6.07, 6.45) is 5.70. The molecule has 0 saturated carbocycles. The van der Waals surface area contributed by atoms with E-state index in [-0.39, 0.29) is 0 Å². The van der Waals surface area contributed by atoms with Gasteiger partial charge in [-0.15, -0.1) is 11.8 Å². The molecule has 0 heterocycles. The molecule has 1 aromatic rings. The van der Waals surface area contributed by atoms with Crippen molar-refractivity contribution in [3.05, 3.63) is 30.3 Å². The fourth-order valence-corrected chi connectivity index (χ4v) is 1.86. The minimum Gasteiger partial charge on any atom is -0.480 e. The van der Waals surface area contributed by atoms with Gasteiger partial charge in [0.25, 0.3) is 0 Å². The van der Waals surface area contributed by atoms with Crippen molar-refractivity contribution in [2.24, 2.45) is 0 Å². The summed E-state index contributed by atoms with van der Waals surface area (Å²) in [6, 6.07) is 10.0. The number of rotatable bonds is 6. The molecule has 0 spiro atoms. The molecule has 0 amide bonds. The Labute approximate surface area is 90.9 Å². The van der Waals surface area contributed by atoms with E-state index in [9.17, 15) is 0 Å². The quantitative estimate of drug-likeness (QED) is 0.658. The van der Waals surface area contributed by atoms with Crippen LogP contribution in [0.3, 0.4) is 0 Å². The topological polar surface area (TPSA) is 9.23 Å². The predicted octanol–water partition coefficient (Wildman–Crippen LogP) is 3.94. The Bertz CT molecular complexity index is 235. The van der Waals surface area contributed by atoms with Gasteiger partial charge >= 0.3 is 0 Å². The highest BCUT2D eigenvalue weighted by Crippen LogP contribution is 2.20. The fraction of sp³-hybridized carbons (Fsp3) is 0.500. The predicted molar refractivity (Wildman–Crippen MR) is 63.9 cm³/mol. The average Bonchev–Trinajstić information content (AvgIpc) is 2.25. The zero-order valence-electron chi connectivity index (χ0n) is 8.90. The van der Waals surface area contributed by atoms with Gasteiger partial charge in [-0.25, -0.2) is 0 Å². The second-order valence-electron chi connectivity index (χ2n) is 3.24. The molecule has 14 heavy (non-hydrogen) atoms. The van der Waals surface area contributed by atoms with Crippen LogP contribution in [0.25, 0.3) is 0 Å². The molecule has 1 rings (SSSR count).